The van der Waals surface area contributed by atoms with E-state index in [0.717, 1.165) is 29.8 Å². The topological polar surface area (TPSA) is 94.8 Å². The minimum Gasteiger partial charge on any atom is -0.493 e. The van der Waals surface area contributed by atoms with Crippen molar-refractivity contribution in [1.82, 2.24) is 9.88 Å². The minimum absolute atomic E-state index is 0.129. The maximum Gasteiger partial charge on any atom is 0.285 e. The molecule has 8 nitrogen and oxygen atoms in total. The summed E-state index contributed by atoms with van der Waals surface area (Å²) in [5.74, 6) is 1.45. The number of methoxy groups -OCH3 is 2. The Bertz CT molecular complexity index is 1170. The summed E-state index contributed by atoms with van der Waals surface area (Å²) in [6.45, 7) is 1.31. The van der Waals surface area contributed by atoms with E-state index in [9.17, 15) is 14.3 Å². The van der Waals surface area contributed by atoms with Crippen LogP contribution in [-0.2, 0) is 23.8 Å². The summed E-state index contributed by atoms with van der Waals surface area (Å²) >= 11 is 0. The summed E-state index contributed by atoms with van der Waals surface area (Å²) in [6.07, 6.45) is 2.54. The number of nitro benzene ring substituents is 1. The zero-order valence-corrected chi connectivity index (χ0v) is 19.3. The molecule has 0 fully saturated rings. The Morgan fingerprint density at radius 2 is 1.85 bits per heavy atom. The maximum atomic E-state index is 13.4. The van der Waals surface area contributed by atoms with Gasteiger partial charge in [0.25, 0.3) is 5.69 Å². The van der Waals surface area contributed by atoms with Crippen LogP contribution in [0.25, 0.3) is 0 Å². The highest BCUT2D eigenvalue weighted by atomic mass is 32.2. The molecule has 33 heavy (non-hydrogen) atoms. The van der Waals surface area contributed by atoms with Crippen molar-refractivity contribution in [3.8, 4) is 11.5 Å². The van der Waals surface area contributed by atoms with E-state index in [0.29, 0.717) is 18.0 Å². The van der Waals surface area contributed by atoms with Crippen molar-refractivity contribution in [1.29, 1.82) is 0 Å². The van der Waals surface area contributed by atoms with Crippen molar-refractivity contribution >= 4 is 16.5 Å². The summed E-state index contributed by atoms with van der Waals surface area (Å²) in [6, 6.07) is 15.6. The third-order valence-corrected chi connectivity index (χ3v) is 7.28. The van der Waals surface area contributed by atoms with E-state index in [-0.39, 0.29) is 22.4 Å². The zero-order valence-electron chi connectivity index (χ0n) is 18.5. The molecule has 2 aromatic carbocycles. The normalized spacial score (nSPS) is 16.6. The van der Waals surface area contributed by atoms with Gasteiger partial charge in [-0.15, -0.1) is 0 Å². The highest BCUT2D eigenvalue weighted by molar-refractivity contribution is 7.85. The lowest BCUT2D eigenvalue weighted by atomic mass is 9.92. The second-order valence-electron chi connectivity index (χ2n) is 7.70. The fourth-order valence-electron chi connectivity index (χ4n) is 4.20. The monoisotopic (exact) mass is 467 g/mol. The van der Waals surface area contributed by atoms with E-state index in [2.05, 4.69) is 9.88 Å². The molecule has 0 saturated heterocycles. The molecule has 0 amide bonds. The number of fused-ring (bicyclic) bond motifs is 1. The second-order valence-corrected chi connectivity index (χ2v) is 9.16. The molecular formula is C24H25N3O5S. The number of aromatic nitrogens is 1. The Labute approximate surface area is 194 Å². The summed E-state index contributed by atoms with van der Waals surface area (Å²) in [7, 11) is 1.59. The van der Waals surface area contributed by atoms with E-state index in [1.54, 1.807) is 38.6 Å². The number of nitrogens with zero attached hydrogens (tertiary/aromatic N) is 3. The molecule has 2 heterocycles. The van der Waals surface area contributed by atoms with Gasteiger partial charge in [0.05, 0.1) is 35.6 Å². The summed E-state index contributed by atoms with van der Waals surface area (Å²) in [4.78, 5) is 17.9. The fraction of sp³-hybridized carbons (Fsp3) is 0.292. The second kappa shape index (κ2) is 10.1. The van der Waals surface area contributed by atoms with Gasteiger partial charge in [-0.05, 0) is 47.9 Å². The van der Waals surface area contributed by atoms with Crippen LogP contribution in [-0.4, -0.2) is 45.5 Å². The first-order chi connectivity index (χ1) is 16.0. The van der Waals surface area contributed by atoms with Gasteiger partial charge in [-0.2, -0.15) is 0 Å². The van der Waals surface area contributed by atoms with Crippen LogP contribution < -0.4 is 9.47 Å². The zero-order chi connectivity index (χ0) is 23.4. The van der Waals surface area contributed by atoms with Gasteiger partial charge in [0, 0.05) is 37.1 Å². The molecule has 9 heteroatoms. The van der Waals surface area contributed by atoms with Gasteiger partial charge < -0.3 is 9.47 Å². The molecular weight excluding hydrogens is 442 g/mol. The molecule has 3 aromatic rings. The van der Waals surface area contributed by atoms with Gasteiger partial charge >= 0.3 is 0 Å². The van der Waals surface area contributed by atoms with Crippen molar-refractivity contribution < 1.29 is 18.6 Å². The van der Waals surface area contributed by atoms with Crippen molar-refractivity contribution in [2.45, 2.75) is 23.9 Å². The van der Waals surface area contributed by atoms with Crippen LogP contribution in [0.4, 0.5) is 5.69 Å². The Hall–Kier alpha value is -3.30. The van der Waals surface area contributed by atoms with Gasteiger partial charge in [-0.1, -0.05) is 18.2 Å². The molecule has 0 radical (unpaired) electrons. The average molecular weight is 468 g/mol. The van der Waals surface area contributed by atoms with Crippen molar-refractivity contribution in [2.24, 2.45) is 0 Å². The summed E-state index contributed by atoms with van der Waals surface area (Å²) < 4.78 is 24.4. The Morgan fingerprint density at radius 3 is 2.55 bits per heavy atom. The SMILES string of the molecule is COc1cc2c(cc1OC)[C@@H](C[S@@](=O)c1ccccc1[N+](=O)[O-])N(Cc1ccccn1)CC2. The quantitative estimate of drug-likeness (QED) is 0.366. The lowest BCUT2D eigenvalue weighted by Crippen LogP contribution is -2.38. The molecule has 2 atom stereocenters. The molecule has 1 aliphatic rings. The van der Waals surface area contributed by atoms with Crippen molar-refractivity contribution in [3.63, 3.8) is 0 Å². The van der Waals surface area contributed by atoms with Crippen LogP contribution in [0.5, 0.6) is 11.5 Å². The number of nitro groups is 1. The van der Waals surface area contributed by atoms with Crippen LogP contribution in [0.2, 0.25) is 0 Å². The molecule has 1 aromatic heterocycles. The predicted molar refractivity (Wildman–Crippen MR) is 125 cm³/mol. The van der Waals surface area contributed by atoms with Gasteiger partial charge in [0.1, 0.15) is 4.90 Å². The predicted octanol–water partition coefficient (Wildman–Crippen LogP) is 3.91. The van der Waals surface area contributed by atoms with Crippen LogP contribution >= 0.6 is 0 Å². The van der Waals surface area contributed by atoms with Crippen molar-refractivity contribution in [2.75, 3.05) is 26.5 Å². The average Bonchev–Trinajstić information content (AvgIpc) is 2.85. The molecule has 0 saturated carbocycles. The maximum absolute atomic E-state index is 13.4. The minimum atomic E-state index is -1.59. The largest absolute Gasteiger partial charge is 0.493 e. The molecule has 0 N–H and O–H groups in total. The smallest absolute Gasteiger partial charge is 0.285 e. The standard InChI is InChI=1S/C24H25N3O5S/c1-31-22-13-17-10-12-26(15-18-7-5-6-11-25-18)21(19(17)14-23(22)32-2)16-33(30)24-9-4-3-8-20(24)27(28)29/h3-9,11,13-14,21H,10,12,15-16H2,1-2H3/t21-,33-/m1/s1. The number of hydrogen-bond donors (Lipinski definition) is 0. The molecule has 4 rings (SSSR count). The number of pyridine rings is 1. The molecule has 0 unspecified atom stereocenters. The van der Waals surface area contributed by atoms with Crippen molar-refractivity contribution in [3.05, 3.63) is 87.7 Å². The van der Waals surface area contributed by atoms with E-state index in [1.807, 2.05) is 30.3 Å². The fourth-order valence-corrected chi connectivity index (χ4v) is 5.66. The van der Waals surface area contributed by atoms with Gasteiger partial charge in [-0.3, -0.25) is 24.2 Å². The van der Waals surface area contributed by atoms with E-state index in [4.69, 9.17) is 9.47 Å². The first-order valence-corrected chi connectivity index (χ1v) is 11.8. The van der Waals surface area contributed by atoms with E-state index in [1.165, 1.54) is 6.07 Å². The first-order valence-electron chi connectivity index (χ1n) is 10.5. The summed E-state index contributed by atoms with van der Waals surface area (Å²) in [5.41, 5.74) is 2.86. The number of hydrogen-bond acceptors (Lipinski definition) is 7. The third kappa shape index (κ3) is 4.89. The number of para-hydroxylation sites is 1. The number of benzene rings is 2. The third-order valence-electron chi connectivity index (χ3n) is 5.82. The van der Waals surface area contributed by atoms with Crippen LogP contribution in [0, 0.1) is 10.1 Å². The molecule has 0 aliphatic carbocycles. The Kier molecular flexibility index (Phi) is 7.00. The molecule has 1 aliphatic heterocycles. The lowest BCUT2D eigenvalue weighted by molar-refractivity contribution is -0.387. The molecule has 0 spiro atoms. The molecule has 172 valence electrons. The van der Waals surface area contributed by atoms with Gasteiger partial charge in [0.2, 0.25) is 0 Å². The van der Waals surface area contributed by atoms with Gasteiger partial charge in [0.15, 0.2) is 11.5 Å². The Balaban J connectivity index is 1.73. The summed E-state index contributed by atoms with van der Waals surface area (Å²) in [5, 5.41) is 11.5. The van der Waals surface area contributed by atoms with E-state index < -0.39 is 15.7 Å². The van der Waals surface area contributed by atoms with Crippen LogP contribution in [0.1, 0.15) is 22.9 Å². The highest BCUT2D eigenvalue weighted by Crippen LogP contribution is 2.39. The lowest BCUT2D eigenvalue weighted by Gasteiger charge is -2.37. The Morgan fingerprint density at radius 1 is 1.12 bits per heavy atom. The molecule has 0 bridgehead atoms. The highest BCUT2D eigenvalue weighted by Gasteiger charge is 2.32. The first kappa shape index (κ1) is 22.9. The van der Waals surface area contributed by atoms with Gasteiger partial charge in [-0.25, -0.2) is 0 Å². The van der Waals surface area contributed by atoms with Crippen LogP contribution in [0.15, 0.2) is 65.7 Å². The van der Waals surface area contributed by atoms with E-state index >= 15 is 0 Å². The number of rotatable bonds is 8. The number of ether oxygens (including phenoxy) is 2. The van der Waals surface area contributed by atoms with Crippen LogP contribution in [0.3, 0.4) is 0 Å².